The predicted octanol–water partition coefficient (Wildman–Crippen LogP) is 4.68. The smallest absolute Gasteiger partial charge is 0.254 e. The van der Waals surface area contributed by atoms with Crippen LogP contribution in [0.3, 0.4) is 0 Å². The quantitative estimate of drug-likeness (QED) is 0.395. The third-order valence-corrected chi connectivity index (χ3v) is 6.46. The van der Waals surface area contributed by atoms with Crippen LogP contribution in [0, 0.1) is 24.5 Å². The van der Waals surface area contributed by atoms with Gasteiger partial charge in [-0.25, -0.2) is 8.78 Å². The Hall–Kier alpha value is -3.07. The number of benzene rings is 2. The van der Waals surface area contributed by atoms with Crippen molar-refractivity contribution >= 4 is 23.5 Å². The van der Waals surface area contributed by atoms with Gasteiger partial charge in [0, 0.05) is 30.8 Å². The van der Waals surface area contributed by atoms with Crippen molar-refractivity contribution in [3.63, 3.8) is 0 Å². The molecule has 9 heteroatoms. The summed E-state index contributed by atoms with van der Waals surface area (Å²) in [6.07, 6.45) is 0.802. The van der Waals surface area contributed by atoms with E-state index in [1.807, 2.05) is 12.1 Å². The number of thioether (sulfide) groups is 1. The van der Waals surface area contributed by atoms with Crippen molar-refractivity contribution in [1.82, 2.24) is 15.0 Å². The lowest BCUT2D eigenvalue weighted by Gasteiger charge is -2.32. The summed E-state index contributed by atoms with van der Waals surface area (Å²) in [6, 6.07) is 10.2. The maximum absolute atomic E-state index is 14.0. The van der Waals surface area contributed by atoms with Crippen molar-refractivity contribution in [2.24, 2.45) is 5.92 Å². The average Bonchev–Trinajstić information content (AvgIpc) is 3.23. The Balaban J connectivity index is 1.40. The van der Waals surface area contributed by atoms with Gasteiger partial charge in [-0.2, -0.15) is 4.98 Å². The summed E-state index contributed by atoms with van der Waals surface area (Å²) < 4.78 is 32.4. The Morgan fingerprint density at radius 1 is 1.12 bits per heavy atom. The van der Waals surface area contributed by atoms with E-state index in [4.69, 9.17) is 4.52 Å². The molecule has 0 aliphatic carbocycles. The zero-order chi connectivity index (χ0) is 22.7. The number of nitrogens with zero attached hydrogens (tertiary/aromatic N) is 3. The molecule has 32 heavy (non-hydrogen) atoms. The lowest BCUT2D eigenvalue weighted by Crippen LogP contribution is -2.40. The number of Topliss-reactive ketones (excluding diaryl/α,β-unsaturated/α-hetero) is 1. The minimum atomic E-state index is -0.724. The summed E-state index contributed by atoms with van der Waals surface area (Å²) in [7, 11) is 0. The van der Waals surface area contributed by atoms with Gasteiger partial charge in [0.1, 0.15) is 11.6 Å². The molecule has 0 spiro atoms. The zero-order valence-corrected chi connectivity index (χ0v) is 18.2. The summed E-state index contributed by atoms with van der Waals surface area (Å²) in [5, 5.41) is 3.87. The summed E-state index contributed by atoms with van der Waals surface area (Å²) in [6.45, 7) is 2.46. The van der Waals surface area contributed by atoms with E-state index < -0.39 is 23.3 Å². The summed E-state index contributed by atoms with van der Waals surface area (Å²) in [5.74, 6) is -0.844. The van der Waals surface area contributed by atoms with Crippen molar-refractivity contribution in [1.29, 1.82) is 0 Å². The first-order valence-corrected chi connectivity index (χ1v) is 11.2. The third kappa shape index (κ3) is 4.88. The molecule has 4 rings (SSSR count). The Kier molecular flexibility index (Phi) is 6.64. The number of aryl methyl sites for hydroxylation is 1. The van der Waals surface area contributed by atoms with Crippen molar-refractivity contribution in [3.05, 3.63) is 76.9 Å². The molecular formula is C23H21F2N3O3S. The Labute approximate surface area is 188 Å². The monoisotopic (exact) mass is 457 g/mol. The van der Waals surface area contributed by atoms with Gasteiger partial charge < -0.3 is 9.42 Å². The first kappa shape index (κ1) is 22.1. The van der Waals surface area contributed by atoms with E-state index in [0.717, 1.165) is 23.1 Å². The van der Waals surface area contributed by atoms with Gasteiger partial charge in [-0.05, 0) is 43.2 Å². The molecule has 1 aromatic heterocycles. The minimum absolute atomic E-state index is 0.125. The Morgan fingerprint density at radius 2 is 1.88 bits per heavy atom. The number of hydrogen-bond donors (Lipinski definition) is 0. The maximum Gasteiger partial charge on any atom is 0.254 e. The highest BCUT2D eigenvalue weighted by molar-refractivity contribution is 7.98. The van der Waals surface area contributed by atoms with Crippen LogP contribution in [0.1, 0.15) is 45.3 Å². The lowest BCUT2D eigenvalue weighted by atomic mass is 9.88. The number of aromatic nitrogens is 2. The van der Waals surface area contributed by atoms with Gasteiger partial charge in [0.05, 0.1) is 16.9 Å². The number of halogens is 2. The molecule has 1 aliphatic heterocycles. The van der Waals surface area contributed by atoms with Crippen LogP contribution in [0.5, 0.6) is 0 Å². The van der Waals surface area contributed by atoms with Crippen LogP contribution in [-0.4, -0.2) is 39.8 Å². The number of piperidine rings is 1. The fourth-order valence-corrected chi connectivity index (χ4v) is 4.62. The first-order valence-electron chi connectivity index (χ1n) is 10.2. The molecule has 1 amide bonds. The molecule has 2 heterocycles. The van der Waals surface area contributed by atoms with Gasteiger partial charge in [-0.15, -0.1) is 11.8 Å². The van der Waals surface area contributed by atoms with E-state index in [-0.39, 0.29) is 11.5 Å². The highest BCUT2D eigenvalue weighted by atomic mass is 32.2. The molecule has 6 nitrogen and oxygen atoms in total. The van der Waals surface area contributed by atoms with Gasteiger partial charge in [-0.1, -0.05) is 17.3 Å². The Bertz CT molecular complexity index is 1140. The van der Waals surface area contributed by atoms with Gasteiger partial charge in [0.2, 0.25) is 5.89 Å². The molecule has 0 radical (unpaired) electrons. The Morgan fingerprint density at radius 3 is 2.59 bits per heavy atom. The van der Waals surface area contributed by atoms with Crippen LogP contribution >= 0.6 is 11.8 Å². The molecule has 1 saturated heterocycles. The minimum Gasteiger partial charge on any atom is -0.340 e. The van der Waals surface area contributed by atoms with Crippen molar-refractivity contribution < 1.29 is 22.9 Å². The second-order valence-corrected chi connectivity index (χ2v) is 8.59. The SMILES string of the molecule is Cc1nc(CSc2ccccc2C(=O)N2CCC(C(=O)c3cc(F)ccc3F)CC2)no1. The van der Waals surface area contributed by atoms with E-state index >= 15 is 0 Å². The predicted molar refractivity (Wildman–Crippen MR) is 114 cm³/mol. The molecule has 0 bridgehead atoms. The zero-order valence-electron chi connectivity index (χ0n) is 17.4. The van der Waals surface area contributed by atoms with Crippen molar-refractivity contribution in [2.45, 2.75) is 30.4 Å². The third-order valence-electron chi connectivity index (χ3n) is 5.39. The summed E-state index contributed by atoms with van der Waals surface area (Å²) in [4.78, 5) is 32.5. The van der Waals surface area contributed by atoms with E-state index in [0.29, 0.717) is 49.0 Å². The largest absolute Gasteiger partial charge is 0.340 e. The molecule has 0 N–H and O–H groups in total. The number of ketones is 1. The van der Waals surface area contributed by atoms with Gasteiger partial charge in [0.25, 0.3) is 5.91 Å². The van der Waals surface area contributed by atoms with Crippen molar-refractivity contribution in [2.75, 3.05) is 13.1 Å². The molecule has 1 aliphatic rings. The molecule has 1 fully saturated rings. The van der Waals surface area contributed by atoms with Gasteiger partial charge in [-0.3, -0.25) is 9.59 Å². The number of carbonyl (C=O) groups excluding carboxylic acids is 2. The molecule has 0 atom stereocenters. The lowest BCUT2D eigenvalue weighted by molar-refractivity contribution is 0.0646. The second kappa shape index (κ2) is 9.60. The highest BCUT2D eigenvalue weighted by Crippen LogP contribution is 2.29. The van der Waals surface area contributed by atoms with E-state index in [2.05, 4.69) is 10.1 Å². The maximum atomic E-state index is 14.0. The van der Waals surface area contributed by atoms with E-state index in [9.17, 15) is 18.4 Å². The van der Waals surface area contributed by atoms with Crippen LogP contribution in [0.4, 0.5) is 8.78 Å². The number of rotatable bonds is 6. The molecule has 3 aromatic rings. The summed E-state index contributed by atoms with van der Waals surface area (Å²) in [5.41, 5.74) is 0.340. The molecule has 2 aromatic carbocycles. The number of hydrogen-bond acceptors (Lipinski definition) is 6. The van der Waals surface area contributed by atoms with Gasteiger partial charge in [0.15, 0.2) is 11.6 Å². The van der Waals surface area contributed by atoms with E-state index in [1.54, 1.807) is 24.0 Å². The van der Waals surface area contributed by atoms with Crippen molar-refractivity contribution in [3.8, 4) is 0 Å². The van der Waals surface area contributed by atoms with Crippen LogP contribution in [0.2, 0.25) is 0 Å². The second-order valence-electron chi connectivity index (χ2n) is 7.57. The first-order chi connectivity index (χ1) is 15.4. The number of likely N-dealkylation sites (tertiary alicyclic amines) is 1. The average molecular weight is 458 g/mol. The topological polar surface area (TPSA) is 76.3 Å². The van der Waals surface area contributed by atoms with E-state index in [1.165, 1.54) is 11.8 Å². The molecule has 0 unspecified atom stereocenters. The molecule has 0 saturated carbocycles. The summed E-state index contributed by atoms with van der Waals surface area (Å²) >= 11 is 1.45. The number of carbonyl (C=O) groups is 2. The van der Waals surface area contributed by atoms with Crippen LogP contribution in [0.15, 0.2) is 51.9 Å². The molecular weight excluding hydrogens is 436 g/mol. The normalized spacial score (nSPS) is 14.5. The number of amides is 1. The van der Waals surface area contributed by atoms with Crippen LogP contribution < -0.4 is 0 Å². The van der Waals surface area contributed by atoms with Gasteiger partial charge >= 0.3 is 0 Å². The van der Waals surface area contributed by atoms with Crippen LogP contribution in [-0.2, 0) is 5.75 Å². The fraction of sp³-hybridized carbons (Fsp3) is 0.304. The highest BCUT2D eigenvalue weighted by Gasteiger charge is 2.30. The fourth-order valence-electron chi connectivity index (χ4n) is 3.73. The van der Waals surface area contributed by atoms with Crippen LogP contribution in [0.25, 0.3) is 0 Å². The molecule has 166 valence electrons. The standard InChI is InChI=1S/C23H21F2N3O3S/c1-14-26-21(27-31-14)13-32-20-5-3-2-4-17(20)23(30)28-10-8-15(9-11-28)22(29)18-12-16(24)6-7-19(18)25/h2-7,12,15H,8-11,13H2,1H3.